The first-order valence-electron chi connectivity index (χ1n) is 6.89. The number of halogens is 1. The molecule has 2 amide bonds. The summed E-state index contributed by atoms with van der Waals surface area (Å²) >= 11 is 3.30. The van der Waals surface area contributed by atoms with Gasteiger partial charge < -0.3 is 14.2 Å². The Hall–Kier alpha value is -2.09. The molecule has 0 unspecified atom stereocenters. The van der Waals surface area contributed by atoms with Gasteiger partial charge in [-0.1, -0.05) is 0 Å². The second-order valence-corrected chi connectivity index (χ2v) is 5.61. The minimum Gasteiger partial charge on any atom is -0.495 e. The molecule has 0 aromatic heterocycles. The molecule has 1 aliphatic heterocycles. The van der Waals surface area contributed by atoms with Gasteiger partial charge in [0.1, 0.15) is 16.0 Å². The van der Waals surface area contributed by atoms with Gasteiger partial charge in [0.2, 0.25) is 5.91 Å². The predicted molar refractivity (Wildman–Crippen MR) is 83.5 cm³/mol. The Morgan fingerprint density at radius 3 is 2.30 bits per heavy atom. The summed E-state index contributed by atoms with van der Waals surface area (Å²) in [5, 5.41) is 0. The molecule has 0 radical (unpaired) electrons. The molecular weight excluding hydrogens is 370 g/mol. The van der Waals surface area contributed by atoms with Crippen LogP contribution in [0.2, 0.25) is 0 Å². The van der Waals surface area contributed by atoms with E-state index in [-0.39, 0.29) is 11.5 Å². The highest BCUT2D eigenvalue weighted by atomic mass is 79.9. The lowest BCUT2D eigenvalue weighted by Crippen LogP contribution is -2.35. The van der Waals surface area contributed by atoms with Crippen molar-refractivity contribution in [1.29, 1.82) is 0 Å². The topological polar surface area (TPSA) is 82.1 Å². The van der Waals surface area contributed by atoms with Crippen LogP contribution >= 0.6 is 15.9 Å². The summed E-state index contributed by atoms with van der Waals surface area (Å²) in [6.07, 6.45) is 0.987. The summed E-state index contributed by atoms with van der Waals surface area (Å²) < 4.78 is 15.8. The number of esters is 1. The highest BCUT2D eigenvalue weighted by Gasteiger charge is 2.27. The lowest BCUT2D eigenvalue weighted by molar-refractivity contribution is -0.143. The van der Waals surface area contributed by atoms with Crippen LogP contribution in [-0.2, 0) is 14.3 Å². The first-order chi connectivity index (χ1) is 11.0. The van der Waals surface area contributed by atoms with Crippen LogP contribution in [0.4, 0.5) is 0 Å². The number of carbonyl (C=O) groups is 3. The first-order valence-corrected chi connectivity index (χ1v) is 7.69. The van der Waals surface area contributed by atoms with Crippen molar-refractivity contribution >= 4 is 33.7 Å². The van der Waals surface area contributed by atoms with Gasteiger partial charge in [0.15, 0.2) is 6.61 Å². The van der Waals surface area contributed by atoms with Crippen LogP contribution in [0, 0.1) is 0 Å². The van der Waals surface area contributed by atoms with Gasteiger partial charge in [-0.15, -0.1) is 0 Å². The zero-order valence-corrected chi connectivity index (χ0v) is 14.3. The Morgan fingerprint density at radius 2 is 1.83 bits per heavy atom. The Kier molecular flexibility index (Phi) is 5.59. The molecule has 23 heavy (non-hydrogen) atoms. The lowest BCUT2D eigenvalue weighted by Gasteiger charge is -2.14. The minimum atomic E-state index is -0.700. The molecule has 1 fully saturated rings. The molecule has 1 aromatic rings. The maximum absolute atomic E-state index is 12.1. The largest absolute Gasteiger partial charge is 0.495 e. The highest BCUT2D eigenvalue weighted by Crippen LogP contribution is 2.35. The molecule has 7 nitrogen and oxygen atoms in total. The smallest absolute Gasteiger partial charge is 0.338 e. The molecule has 1 aromatic carbocycles. The number of hydrogen-bond acceptors (Lipinski definition) is 6. The summed E-state index contributed by atoms with van der Waals surface area (Å²) in [6, 6.07) is 2.95. The van der Waals surface area contributed by atoms with E-state index in [1.807, 2.05) is 0 Å². The fourth-order valence-corrected chi connectivity index (χ4v) is 2.74. The van der Waals surface area contributed by atoms with Crippen molar-refractivity contribution in [2.24, 2.45) is 0 Å². The van der Waals surface area contributed by atoms with Gasteiger partial charge >= 0.3 is 5.97 Å². The third-order valence-electron chi connectivity index (χ3n) is 3.38. The monoisotopic (exact) mass is 385 g/mol. The minimum absolute atomic E-state index is 0.183. The summed E-state index contributed by atoms with van der Waals surface area (Å²) in [4.78, 5) is 36.5. The van der Waals surface area contributed by atoms with E-state index in [1.165, 1.54) is 26.4 Å². The zero-order chi connectivity index (χ0) is 17.0. The standard InChI is InChI=1S/C15H16BrNO6/c1-21-10-6-9(7-11(22-2)14(10)16)15(20)23-8-13(19)17-5-3-4-12(17)18/h6-7H,3-5,8H2,1-2H3. The molecule has 1 saturated heterocycles. The number of hydrogen-bond donors (Lipinski definition) is 0. The van der Waals surface area contributed by atoms with Gasteiger partial charge in [0, 0.05) is 13.0 Å². The van der Waals surface area contributed by atoms with Crippen LogP contribution in [0.1, 0.15) is 23.2 Å². The van der Waals surface area contributed by atoms with Crippen LogP contribution in [0.5, 0.6) is 11.5 Å². The highest BCUT2D eigenvalue weighted by molar-refractivity contribution is 9.10. The van der Waals surface area contributed by atoms with Crippen LogP contribution in [0.15, 0.2) is 16.6 Å². The SMILES string of the molecule is COc1cc(C(=O)OCC(=O)N2CCCC2=O)cc(OC)c1Br. The fourth-order valence-electron chi connectivity index (χ4n) is 2.19. The lowest BCUT2D eigenvalue weighted by atomic mass is 10.2. The van der Waals surface area contributed by atoms with Crippen LogP contribution in [0.25, 0.3) is 0 Å². The maximum atomic E-state index is 12.1. The number of ether oxygens (including phenoxy) is 3. The Morgan fingerprint density at radius 1 is 1.22 bits per heavy atom. The van der Waals surface area contributed by atoms with E-state index in [9.17, 15) is 14.4 Å². The number of methoxy groups -OCH3 is 2. The number of benzene rings is 1. The van der Waals surface area contributed by atoms with E-state index in [2.05, 4.69) is 15.9 Å². The van der Waals surface area contributed by atoms with Gasteiger partial charge in [0.05, 0.1) is 19.8 Å². The van der Waals surface area contributed by atoms with Gasteiger partial charge in [-0.05, 0) is 34.5 Å². The van der Waals surface area contributed by atoms with E-state index >= 15 is 0 Å². The van der Waals surface area contributed by atoms with Crippen molar-refractivity contribution < 1.29 is 28.6 Å². The van der Waals surface area contributed by atoms with Crippen molar-refractivity contribution in [1.82, 2.24) is 4.90 Å². The number of rotatable bonds is 5. The molecule has 2 rings (SSSR count). The second kappa shape index (κ2) is 7.45. The molecule has 0 spiro atoms. The molecule has 124 valence electrons. The van der Waals surface area contributed by atoms with Crippen LogP contribution in [-0.4, -0.2) is 50.1 Å². The molecule has 0 aliphatic carbocycles. The van der Waals surface area contributed by atoms with Crippen LogP contribution < -0.4 is 9.47 Å². The summed E-state index contributed by atoms with van der Waals surface area (Å²) in [5.74, 6) is -0.654. The van der Waals surface area contributed by atoms with Gasteiger partial charge in [0.25, 0.3) is 5.91 Å². The molecule has 0 bridgehead atoms. The second-order valence-electron chi connectivity index (χ2n) is 4.81. The number of nitrogens with zero attached hydrogens (tertiary/aromatic N) is 1. The summed E-state index contributed by atoms with van der Waals surface area (Å²) in [7, 11) is 2.91. The number of amides is 2. The Balaban J connectivity index is 2.06. The van der Waals surface area contributed by atoms with Crippen molar-refractivity contribution in [3.63, 3.8) is 0 Å². The normalized spacial score (nSPS) is 13.9. The zero-order valence-electron chi connectivity index (χ0n) is 12.8. The average Bonchev–Trinajstić information content (AvgIpc) is 2.98. The molecule has 1 heterocycles. The summed E-state index contributed by atoms with van der Waals surface area (Å²) in [5.41, 5.74) is 0.183. The van der Waals surface area contributed by atoms with E-state index in [1.54, 1.807) is 0 Å². The predicted octanol–water partition coefficient (Wildman–Crippen LogP) is 1.77. The van der Waals surface area contributed by atoms with Crippen molar-refractivity contribution in [2.75, 3.05) is 27.4 Å². The molecule has 0 atom stereocenters. The number of carbonyl (C=O) groups excluding carboxylic acids is 3. The fraction of sp³-hybridized carbons (Fsp3) is 0.400. The van der Waals surface area contributed by atoms with Crippen LogP contribution in [0.3, 0.4) is 0 Å². The Labute approximate surface area is 141 Å². The summed E-state index contributed by atoms with van der Waals surface area (Å²) in [6.45, 7) is -0.111. The van der Waals surface area contributed by atoms with Gasteiger partial charge in [-0.2, -0.15) is 0 Å². The van der Waals surface area contributed by atoms with Crippen molar-refractivity contribution in [3.05, 3.63) is 22.2 Å². The van der Waals surface area contributed by atoms with E-state index in [0.717, 1.165) is 4.90 Å². The van der Waals surface area contributed by atoms with Crippen molar-refractivity contribution in [2.45, 2.75) is 12.8 Å². The van der Waals surface area contributed by atoms with E-state index in [4.69, 9.17) is 14.2 Å². The molecule has 8 heteroatoms. The van der Waals surface area contributed by atoms with Gasteiger partial charge in [-0.3, -0.25) is 14.5 Å². The van der Waals surface area contributed by atoms with E-state index in [0.29, 0.717) is 35.4 Å². The average molecular weight is 386 g/mol. The Bertz CT molecular complexity index is 620. The molecular formula is C15H16BrNO6. The quantitative estimate of drug-likeness (QED) is 0.718. The third kappa shape index (κ3) is 3.82. The van der Waals surface area contributed by atoms with Crippen molar-refractivity contribution in [3.8, 4) is 11.5 Å². The third-order valence-corrected chi connectivity index (χ3v) is 4.16. The molecule has 1 aliphatic rings. The first kappa shape index (κ1) is 17.3. The maximum Gasteiger partial charge on any atom is 0.338 e. The number of likely N-dealkylation sites (tertiary alicyclic amines) is 1. The molecule has 0 saturated carbocycles. The van der Waals surface area contributed by atoms with Gasteiger partial charge in [-0.25, -0.2) is 4.79 Å². The van der Waals surface area contributed by atoms with E-state index < -0.39 is 18.5 Å². The number of imide groups is 1. The molecule has 0 N–H and O–H groups in total.